The summed E-state index contributed by atoms with van der Waals surface area (Å²) in [6.45, 7) is 9.20. The van der Waals surface area contributed by atoms with Gasteiger partial charge in [-0.1, -0.05) is 64.5 Å². The van der Waals surface area contributed by atoms with E-state index in [-0.39, 0.29) is 0 Å². The fourth-order valence-electron chi connectivity index (χ4n) is 2.96. The van der Waals surface area contributed by atoms with Crippen molar-refractivity contribution in [3.63, 3.8) is 0 Å². The molecule has 0 radical (unpaired) electrons. The molecule has 0 aliphatic rings. The number of hydrogen-bond donors (Lipinski definition) is 0. The standard InChI is InChI=1S/C20H34/c1-5-7-9-11-13-19-15-16-20(18(4)17(19)3)14-12-10-8-6-2/h15-16H,5-14H2,1-4H3. The second-order valence-corrected chi connectivity index (χ2v) is 6.26. The van der Waals surface area contributed by atoms with Gasteiger partial charge in [-0.3, -0.25) is 0 Å². The van der Waals surface area contributed by atoms with E-state index in [1.165, 1.54) is 64.2 Å². The molecule has 0 aromatic heterocycles. The highest BCUT2D eigenvalue weighted by atomic mass is 14.1. The molecule has 0 bridgehead atoms. The summed E-state index contributed by atoms with van der Waals surface area (Å²) < 4.78 is 0. The minimum Gasteiger partial charge on any atom is -0.0654 e. The lowest BCUT2D eigenvalue weighted by Crippen LogP contribution is -1.98. The Labute approximate surface area is 127 Å². The Morgan fingerprint density at radius 2 is 1.00 bits per heavy atom. The fraction of sp³-hybridized carbons (Fsp3) is 0.700. The van der Waals surface area contributed by atoms with Crippen molar-refractivity contribution in [1.29, 1.82) is 0 Å². The maximum absolute atomic E-state index is 2.39. The van der Waals surface area contributed by atoms with Gasteiger partial charge in [0.2, 0.25) is 0 Å². The molecule has 0 unspecified atom stereocenters. The number of aryl methyl sites for hydroxylation is 2. The predicted octanol–water partition coefficient (Wildman–Crippen LogP) is 6.55. The van der Waals surface area contributed by atoms with Crippen LogP contribution < -0.4 is 0 Å². The number of hydrogen-bond acceptors (Lipinski definition) is 0. The molecule has 0 amide bonds. The SMILES string of the molecule is CCCCCCc1ccc(CCCCCC)c(C)c1C. The summed E-state index contributed by atoms with van der Waals surface area (Å²) >= 11 is 0. The van der Waals surface area contributed by atoms with Gasteiger partial charge in [0.25, 0.3) is 0 Å². The minimum absolute atomic E-state index is 1.27. The Morgan fingerprint density at radius 1 is 0.600 bits per heavy atom. The molecule has 1 aromatic rings. The highest BCUT2D eigenvalue weighted by Gasteiger charge is 2.06. The van der Waals surface area contributed by atoms with Gasteiger partial charge in [-0.2, -0.15) is 0 Å². The molecule has 0 atom stereocenters. The topological polar surface area (TPSA) is 0 Å². The highest BCUT2D eigenvalue weighted by Crippen LogP contribution is 2.21. The number of unbranched alkanes of at least 4 members (excludes halogenated alkanes) is 6. The molecule has 1 rings (SSSR count). The maximum atomic E-state index is 2.39. The van der Waals surface area contributed by atoms with Gasteiger partial charge in [-0.15, -0.1) is 0 Å². The first-order valence-corrected chi connectivity index (χ1v) is 8.78. The Bertz CT molecular complexity index is 339. The maximum Gasteiger partial charge on any atom is -0.0276 e. The first-order valence-electron chi connectivity index (χ1n) is 8.78. The molecule has 0 heteroatoms. The summed E-state index contributed by atoms with van der Waals surface area (Å²) in [6.07, 6.45) is 13.4. The van der Waals surface area contributed by atoms with Crippen molar-refractivity contribution in [3.05, 3.63) is 34.4 Å². The average molecular weight is 274 g/mol. The first kappa shape index (κ1) is 17.3. The predicted molar refractivity (Wildman–Crippen MR) is 91.6 cm³/mol. The van der Waals surface area contributed by atoms with Gasteiger partial charge in [-0.25, -0.2) is 0 Å². The molecule has 0 saturated heterocycles. The average Bonchev–Trinajstić information content (AvgIpc) is 2.46. The highest BCUT2D eigenvalue weighted by molar-refractivity contribution is 5.39. The van der Waals surface area contributed by atoms with Gasteiger partial charge in [0.05, 0.1) is 0 Å². The summed E-state index contributed by atoms with van der Waals surface area (Å²) in [5.74, 6) is 0. The third-order valence-electron chi connectivity index (χ3n) is 4.61. The third-order valence-corrected chi connectivity index (χ3v) is 4.61. The van der Waals surface area contributed by atoms with Crippen molar-refractivity contribution >= 4 is 0 Å². The van der Waals surface area contributed by atoms with Crippen molar-refractivity contribution in [3.8, 4) is 0 Å². The van der Waals surface area contributed by atoms with Crippen molar-refractivity contribution in [2.75, 3.05) is 0 Å². The second kappa shape index (κ2) is 10.0. The quantitative estimate of drug-likeness (QED) is 0.424. The molecule has 1 aromatic carbocycles. The number of benzene rings is 1. The monoisotopic (exact) mass is 274 g/mol. The van der Waals surface area contributed by atoms with Crippen LogP contribution in [0.1, 0.15) is 87.5 Å². The Kier molecular flexibility index (Phi) is 8.65. The van der Waals surface area contributed by atoms with E-state index >= 15 is 0 Å². The molecule has 20 heavy (non-hydrogen) atoms. The summed E-state index contributed by atoms with van der Waals surface area (Å²) in [4.78, 5) is 0. The van der Waals surface area contributed by atoms with Crippen LogP contribution in [0.25, 0.3) is 0 Å². The van der Waals surface area contributed by atoms with Gasteiger partial charge in [0.15, 0.2) is 0 Å². The molecule has 0 aliphatic heterocycles. The van der Waals surface area contributed by atoms with Gasteiger partial charge < -0.3 is 0 Å². The molecule has 0 heterocycles. The van der Waals surface area contributed by atoms with Gasteiger partial charge in [0, 0.05) is 0 Å². The zero-order valence-corrected chi connectivity index (χ0v) is 14.2. The van der Waals surface area contributed by atoms with E-state index in [2.05, 4.69) is 39.8 Å². The van der Waals surface area contributed by atoms with Crippen molar-refractivity contribution < 1.29 is 0 Å². The van der Waals surface area contributed by atoms with E-state index < -0.39 is 0 Å². The Balaban J connectivity index is 2.52. The molecule has 0 aliphatic carbocycles. The summed E-state index contributed by atoms with van der Waals surface area (Å²) in [5, 5.41) is 0. The van der Waals surface area contributed by atoms with Crippen LogP contribution in [-0.4, -0.2) is 0 Å². The van der Waals surface area contributed by atoms with E-state index in [9.17, 15) is 0 Å². The molecular formula is C20H34. The minimum atomic E-state index is 1.27. The van der Waals surface area contributed by atoms with Crippen LogP contribution in [0.2, 0.25) is 0 Å². The van der Waals surface area contributed by atoms with Crippen LogP contribution in [-0.2, 0) is 12.8 Å². The Hall–Kier alpha value is -0.780. The van der Waals surface area contributed by atoms with E-state index in [0.29, 0.717) is 0 Å². The normalized spacial score (nSPS) is 11.0. The van der Waals surface area contributed by atoms with Crippen molar-refractivity contribution in [1.82, 2.24) is 0 Å². The zero-order valence-electron chi connectivity index (χ0n) is 14.2. The molecular weight excluding hydrogens is 240 g/mol. The van der Waals surface area contributed by atoms with Crippen LogP contribution in [0.4, 0.5) is 0 Å². The second-order valence-electron chi connectivity index (χ2n) is 6.26. The van der Waals surface area contributed by atoms with Gasteiger partial charge in [-0.05, 0) is 61.8 Å². The Morgan fingerprint density at radius 3 is 1.35 bits per heavy atom. The summed E-state index contributed by atoms with van der Waals surface area (Å²) in [7, 11) is 0. The lowest BCUT2D eigenvalue weighted by Gasteiger charge is -2.13. The number of rotatable bonds is 10. The van der Waals surface area contributed by atoms with Crippen LogP contribution >= 0.6 is 0 Å². The van der Waals surface area contributed by atoms with Crippen LogP contribution in [0.15, 0.2) is 12.1 Å². The molecule has 114 valence electrons. The molecule has 0 N–H and O–H groups in total. The summed E-state index contributed by atoms with van der Waals surface area (Å²) in [5.41, 5.74) is 6.26. The van der Waals surface area contributed by atoms with Gasteiger partial charge in [0.1, 0.15) is 0 Å². The van der Waals surface area contributed by atoms with Crippen LogP contribution in [0.5, 0.6) is 0 Å². The lowest BCUT2D eigenvalue weighted by atomic mass is 9.92. The largest absolute Gasteiger partial charge is 0.0654 e. The van der Waals surface area contributed by atoms with E-state index in [1.807, 2.05) is 0 Å². The smallest absolute Gasteiger partial charge is 0.0276 e. The molecule has 0 nitrogen and oxygen atoms in total. The van der Waals surface area contributed by atoms with Crippen molar-refractivity contribution in [2.45, 2.75) is 91.9 Å². The fourth-order valence-corrected chi connectivity index (χ4v) is 2.96. The van der Waals surface area contributed by atoms with Gasteiger partial charge >= 0.3 is 0 Å². The zero-order chi connectivity index (χ0) is 14.8. The molecule has 0 spiro atoms. The van der Waals surface area contributed by atoms with Crippen LogP contribution in [0.3, 0.4) is 0 Å². The van der Waals surface area contributed by atoms with E-state index in [4.69, 9.17) is 0 Å². The molecule has 0 fully saturated rings. The third kappa shape index (κ3) is 5.69. The van der Waals surface area contributed by atoms with Crippen LogP contribution in [0, 0.1) is 13.8 Å². The molecule has 0 saturated carbocycles. The lowest BCUT2D eigenvalue weighted by molar-refractivity contribution is 0.661. The van der Waals surface area contributed by atoms with E-state index in [0.717, 1.165) is 0 Å². The first-order chi connectivity index (χ1) is 9.70. The summed E-state index contributed by atoms with van der Waals surface area (Å²) in [6, 6.07) is 4.78. The van der Waals surface area contributed by atoms with Crippen molar-refractivity contribution in [2.24, 2.45) is 0 Å². The van der Waals surface area contributed by atoms with E-state index in [1.54, 1.807) is 22.3 Å².